The van der Waals surface area contributed by atoms with E-state index in [9.17, 15) is 22.4 Å². The highest BCUT2D eigenvalue weighted by molar-refractivity contribution is 5.94. The number of ether oxygens (including phenoxy) is 1. The molecule has 1 fully saturated rings. The quantitative estimate of drug-likeness (QED) is 0.620. The standard InChI is InChI=1S/C18H18F4N4O2/c1-25(16-14(19)17(21)24-18(22)15(16)20)10-13(27)23-11-2-4-12(5-3-11)26-6-8-28-9-7-26/h2-5H,6-10H2,1H3,(H,23,27). The van der Waals surface area contributed by atoms with E-state index in [2.05, 4.69) is 15.2 Å². The van der Waals surface area contributed by atoms with Gasteiger partial charge in [0.15, 0.2) is 0 Å². The van der Waals surface area contributed by atoms with Gasteiger partial charge in [-0.2, -0.15) is 22.5 Å². The van der Waals surface area contributed by atoms with Crippen LogP contribution in [0.5, 0.6) is 0 Å². The number of pyridine rings is 1. The van der Waals surface area contributed by atoms with E-state index in [1.807, 2.05) is 12.1 Å². The van der Waals surface area contributed by atoms with Gasteiger partial charge in [0.05, 0.1) is 19.8 Å². The molecule has 1 aromatic carbocycles. The number of anilines is 3. The number of nitrogens with one attached hydrogen (secondary N) is 1. The minimum atomic E-state index is -1.78. The first kappa shape index (κ1) is 19.9. The molecule has 1 aliphatic rings. The van der Waals surface area contributed by atoms with Gasteiger partial charge in [-0.05, 0) is 24.3 Å². The number of nitrogens with zero attached hydrogens (tertiary/aromatic N) is 3. The van der Waals surface area contributed by atoms with Crippen molar-refractivity contribution in [1.29, 1.82) is 0 Å². The third-order valence-corrected chi connectivity index (χ3v) is 4.26. The molecule has 2 aromatic rings. The molecule has 0 aliphatic carbocycles. The second-order valence-corrected chi connectivity index (χ2v) is 6.22. The largest absolute Gasteiger partial charge is 0.378 e. The van der Waals surface area contributed by atoms with Crippen molar-refractivity contribution in [2.45, 2.75) is 0 Å². The highest BCUT2D eigenvalue weighted by atomic mass is 19.2. The van der Waals surface area contributed by atoms with Gasteiger partial charge in [-0.1, -0.05) is 0 Å². The maximum absolute atomic E-state index is 13.8. The summed E-state index contributed by atoms with van der Waals surface area (Å²) in [5.74, 6) is -7.49. The normalized spacial score (nSPS) is 14.1. The van der Waals surface area contributed by atoms with E-state index in [4.69, 9.17) is 4.74 Å². The predicted molar refractivity (Wildman–Crippen MR) is 95.4 cm³/mol. The lowest BCUT2D eigenvalue weighted by atomic mass is 10.2. The molecule has 0 unspecified atom stereocenters. The van der Waals surface area contributed by atoms with Crippen molar-refractivity contribution in [2.24, 2.45) is 0 Å². The number of amides is 1. The van der Waals surface area contributed by atoms with Gasteiger partial charge in [0.1, 0.15) is 5.69 Å². The zero-order valence-corrected chi connectivity index (χ0v) is 15.0. The SMILES string of the molecule is CN(CC(=O)Nc1ccc(N2CCOCC2)cc1)c1c(F)c(F)nc(F)c1F. The fourth-order valence-electron chi connectivity index (χ4n) is 2.88. The molecule has 0 saturated carbocycles. The molecule has 1 saturated heterocycles. The van der Waals surface area contributed by atoms with Crippen molar-refractivity contribution in [1.82, 2.24) is 4.98 Å². The number of benzene rings is 1. The number of halogens is 4. The van der Waals surface area contributed by atoms with Crippen LogP contribution < -0.4 is 15.1 Å². The molecule has 3 rings (SSSR count). The Morgan fingerprint density at radius 3 is 2.25 bits per heavy atom. The van der Waals surface area contributed by atoms with Crippen molar-refractivity contribution < 1.29 is 27.1 Å². The summed E-state index contributed by atoms with van der Waals surface area (Å²) in [5, 5.41) is 2.57. The van der Waals surface area contributed by atoms with Crippen LogP contribution in [-0.4, -0.2) is 50.8 Å². The van der Waals surface area contributed by atoms with Crippen molar-refractivity contribution in [2.75, 3.05) is 55.0 Å². The number of carbonyl (C=O) groups is 1. The molecule has 150 valence electrons. The number of hydrogen-bond acceptors (Lipinski definition) is 5. The third kappa shape index (κ3) is 4.33. The summed E-state index contributed by atoms with van der Waals surface area (Å²) in [6.07, 6.45) is 0. The molecular weight excluding hydrogens is 380 g/mol. The highest BCUT2D eigenvalue weighted by Gasteiger charge is 2.24. The molecule has 6 nitrogen and oxygen atoms in total. The number of hydrogen-bond donors (Lipinski definition) is 1. The van der Waals surface area contributed by atoms with Crippen LogP contribution in [0.2, 0.25) is 0 Å². The van der Waals surface area contributed by atoms with E-state index in [1.165, 1.54) is 0 Å². The van der Waals surface area contributed by atoms with E-state index < -0.39 is 41.7 Å². The Balaban J connectivity index is 1.64. The van der Waals surface area contributed by atoms with Crippen LogP contribution in [0.1, 0.15) is 0 Å². The van der Waals surface area contributed by atoms with Gasteiger partial charge in [0.25, 0.3) is 11.9 Å². The van der Waals surface area contributed by atoms with Gasteiger partial charge in [-0.25, -0.2) is 0 Å². The minimum absolute atomic E-state index is 0.475. The molecule has 0 spiro atoms. The number of morpholine rings is 1. The van der Waals surface area contributed by atoms with Gasteiger partial charge in [0.2, 0.25) is 17.5 Å². The van der Waals surface area contributed by atoms with Crippen LogP contribution in [0.4, 0.5) is 34.6 Å². The van der Waals surface area contributed by atoms with Crippen LogP contribution in [0, 0.1) is 23.5 Å². The Morgan fingerprint density at radius 2 is 1.68 bits per heavy atom. The topological polar surface area (TPSA) is 57.7 Å². The average molecular weight is 398 g/mol. The lowest BCUT2D eigenvalue weighted by Crippen LogP contribution is -2.36. The smallest absolute Gasteiger partial charge is 0.253 e. The van der Waals surface area contributed by atoms with Crippen LogP contribution in [0.15, 0.2) is 24.3 Å². The fourth-order valence-corrected chi connectivity index (χ4v) is 2.88. The molecule has 1 aliphatic heterocycles. The highest BCUT2D eigenvalue weighted by Crippen LogP contribution is 2.25. The zero-order chi connectivity index (χ0) is 20.3. The van der Waals surface area contributed by atoms with Gasteiger partial charge in [-0.15, -0.1) is 0 Å². The minimum Gasteiger partial charge on any atom is -0.378 e. The first-order valence-corrected chi connectivity index (χ1v) is 8.50. The summed E-state index contributed by atoms with van der Waals surface area (Å²) in [4.78, 5) is 17.5. The summed E-state index contributed by atoms with van der Waals surface area (Å²) in [6.45, 7) is 2.31. The van der Waals surface area contributed by atoms with E-state index in [1.54, 1.807) is 12.1 Å². The fraction of sp³-hybridized carbons (Fsp3) is 0.333. The Hall–Kier alpha value is -2.88. The molecule has 0 bridgehead atoms. The molecule has 0 atom stereocenters. The molecule has 2 heterocycles. The Kier molecular flexibility index (Phi) is 5.98. The number of likely N-dealkylation sites (N-methyl/N-ethyl adjacent to an activating group) is 1. The molecule has 10 heteroatoms. The summed E-state index contributed by atoms with van der Waals surface area (Å²) < 4.78 is 59.3. The van der Waals surface area contributed by atoms with Crippen LogP contribution in [0.3, 0.4) is 0 Å². The predicted octanol–water partition coefficient (Wildman–Crippen LogP) is 2.55. The van der Waals surface area contributed by atoms with E-state index >= 15 is 0 Å². The Bertz CT molecular complexity index is 831. The molecule has 0 radical (unpaired) electrons. The summed E-state index contributed by atoms with van der Waals surface area (Å²) in [7, 11) is 1.14. The number of aromatic nitrogens is 1. The lowest BCUT2D eigenvalue weighted by molar-refractivity contribution is -0.114. The van der Waals surface area contributed by atoms with Gasteiger partial charge in [-0.3, -0.25) is 4.79 Å². The molecule has 1 aromatic heterocycles. The van der Waals surface area contributed by atoms with Crippen molar-refractivity contribution >= 4 is 23.0 Å². The molecule has 28 heavy (non-hydrogen) atoms. The lowest BCUT2D eigenvalue weighted by Gasteiger charge is -2.29. The Morgan fingerprint density at radius 1 is 1.11 bits per heavy atom. The summed E-state index contributed by atoms with van der Waals surface area (Å²) in [6, 6.07) is 7.04. The summed E-state index contributed by atoms with van der Waals surface area (Å²) in [5.41, 5.74) is 0.455. The van der Waals surface area contributed by atoms with Crippen LogP contribution in [-0.2, 0) is 9.53 Å². The monoisotopic (exact) mass is 398 g/mol. The van der Waals surface area contributed by atoms with Gasteiger partial charge < -0.3 is 19.9 Å². The van der Waals surface area contributed by atoms with Crippen molar-refractivity contribution in [3.05, 3.63) is 47.8 Å². The van der Waals surface area contributed by atoms with Gasteiger partial charge >= 0.3 is 0 Å². The Labute approximate surface area is 158 Å². The molecular formula is C18H18F4N4O2. The summed E-state index contributed by atoms with van der Waals surface area (Å²) >= 11 is 0. The number of rotatable bonds is 5. The van der Waals surface area contributed by atoms with Crippen LogP contribution in [0.25, 0.3) is 0 Å². The first-order valence-electron chi connectivity index (χ1n) is 8.50. The average Bonchev–Trinajstić information content (AvgIpc) is 2.68. The second-order valence-electron chi connectivity index (χ2n) is 6.22. The van der Waals surface area contributed by atoms with Crippen molar-refractivity contribution in [3.63, 3.8) is 0 Å². The van der Waals surface area contributed by atoms with Crippen molar-refractivity contribution in [3.8, 4) is 0 Å². The maximum Gasteiger partial charge on any atom is 0.253 e. The van der Waals surface area contributed by atoms with E-state index in [-0.39, 0.29) is 0 Å². The second kappa shape index (κ2) is 8.42. The maximum atomic E-state index is 13.8. The molecule has 1 amide bonds. The van der Waals surface area contributed by atoms with E-state index in [0.29, 0.717) is 18.9 Å². The number of carbonyl (C=O) groups excluding carboxylic acids is 1. The van der Waals surface area contributed by atoms with E-state index in [0.717, 1.165) is 30.7 Å². The third-order valence-electron chi connectivity index (χ3n) is 4.26. The first-order chi connectivity index (χ1) is 13.4. The molecule has 1 N–H and O–H groups in total. The zero-order valence-electron chi connectivity index (χ0n) is 15.0. The van der Waals surface area contributed by atoms with Gasteiger partial charge in [0, 0.05) is 31.5 Å². The van der Waals surface area contributed by atoms with Crippen LogP contribution >= 0.6 is 0 Å².